The van der Waals surface area contributed by atoms with E-state index in [4.69, 9.17) is 16.3 Å². The van der Waals surface area contributed by atoms with Crippen molar-refractivity contribution in [1.82, 2.24) is 4.90 Å². The molecule has 2 aromatic carbocycles. The Labute approximate surface area is 167 Å². The SMILES string of the molecule is COCCN1C(=O)N(c2ccccc2)C(=O)C1CC(=O)Nc1ccc(Cl)cc1. The maximum Gasteiger partial charge on any atom is 0.332 e. The number of benzene rings is 2. The predicted molar refractivity (Wildman–Crippen MR) is 106 cm³/mol. The first kappa shape index (κ1) is 19.9. The average molecular weight is 402 g/mol. The molecule has 1 unspecified atom stereocenters. The van der Waals surface area contributed by atoms with Gasteiger partial charge in [-0.05, 0) is 36.4 Å². The molecule has 0 radical (unpaired) electrons. The molecule has 7 nitrogen and oxygen atoms in total. The molecule has 2 aromatic rings. The van der Waals surface area contributed by atoms with Crippen molar-refractivity contribution < 1.29 is 19.1 Å². The quantitative estimate of drug-likeness (QED) is 0.723. The average Bonchev–Trinajstić information content (AvgIpc) is 2.92. The molecule has 1 aliphatic rings. The number of halogens is 1. The second kappa shape index (κ2) is 8.86. The van der Waals surface area contributed by atoms with E-state index in [1.54, 1.807) is 54.6 Å². The Morgan fingerprint density at radius 2 is 1.79 bits per heavy atom. The number of para-hydroxylation sites is 1. The number of methoxy groups -OCH3 is 1. The fraction of sp³-hybridized carbons (Fsp3) is 0.250. The number of imide groups is 1. The smallest absolute Gasteiger partial charge is 0.332 e. The fourth-order valence-electron chi connectivity index (χ4n) is 3.01. The van der Waals surface area contributed by atoms with E-state index in [-0.39, 0.29) is 25.5 Å². The molecule has 1 atom stereocenters. The largest absolute Gasteiger partial charge is 0.383 e. The highest BCUT2D eigenvalue weighted by Crippen LogP contribution is 2.27. The zero-order valence-electron chi connectivity index (χ0n) is 15.3. The van der Waals surface area contributed by atoms with Crippen LogP contribution in [0.1, 0.15) is 6.42 Å². The van der Waals surface area contributed by atoms with Crippen molar-refractivity contribution in [3.63, 3.8) is 0 Å². The van der Waals surface area contributed by atoms with Gasteiger partial charge in [-0.1, -0.05) is 29.8 Å². The summed E-state index contributed by atoms with van der Waals surface area (Å²) in [6.07, 6.45) is -0.153. The molecule has 1 saturated heterocycles. The summed E-state index contributed by atoms with van der Waals surface area (Å²) in [5.74, 6) is -0.802. The monoisotopic (exact) mass is 401 g/mol. The van der Waals surface area contributed by atoms with Gasteiger partial charge in [-0.2, -0.15) is 0 Å². The molecule has 1 heterocycles. The number of hydrogen-bond donors (Lipinski definition) is 1. The van der Waals surface area contributed by atoms with Crippen molar-refractivity contribution in [3.8, 4) is 0 Å². The summed E-state index contributed by atoms with van der Waals surface area (Å²) < 4.78 is 5.05. The van der Waals surface area contributed by atoms with Gasteiger partial charge in [0.25, 0.3) is 5.91 Å². The van der Waals surface area contributed by atoms with E-state index in [0.29, 0.717) is 16.4 Å². The number of anilines is 2. The lowest BCUT2D eigenvalue weighted by atomic mass is 10.1. The number of rotatable bonds is 7. The Morgan fingerprint density at radius 1 is 1.11 bits per heavy atom. The van der Waals surface area contributed by atoms with E-state index in [9.17, 15) is 14.4 Å². The van der Waals surface area contributed by atoms with E-state index in [2.05, 4.69) is 5.32 Å². The zero-order chi connectivity index (χ0) is 20.1. The van der Waals surface area contributed by atoms with Gasteiger partial charge in [-0.25, -0.2) is 9.69 Å². The van der Waals surface area contributed by atoms with Crippen molar-refractivity contribution in [1.29, 1.82) is 0 Å². The van der Waals surface area contributed by atoms with Crippen LogP contribution in [0.25, 0.3) is 0 Å². The molecule has 4 amide bonds. The lowest BCUT2D eigenvalue weighted by molar-refractivity contribution is -0.124. The van der Waals surface area contributed by atoms with E-state index in [1.165, 1.54) is 12.0 Å². The standard InChI is InChI=1S/C20H20ClN3O4/c1-28-12-11-23-17(13-18(25)22-15-9-7-14(21)8-10-15)19(26)24(20(23)27)16-5-3-2-4-6-16/h2-10,17H,11-13H2,1H3,(H,22,25). The Kier molecular flexibility index (Phi) is 6.28. The molecule has 1 N–H and O–H groups in total. The van der Waals surface area contributed by atoms with Gasteiger partial charge in [-0.3, -0.25) is 9.59 Å². The van der Waals surface area contributed by atoms with Gasteiger partial charge >= 0.3 is 6.03 Å². The highest BCUT2D eigenvalue weighted by molar-refractivity contribution is 6.30. The van der Waals surface area contributed by atoms with Gasteiger partial charge in [0.1, 0.15) is 6.04 Å². The number of amides is 4. The summed E-state index contributed by atoms with van der Waals surface area (Å²) in [5.41, 5.74) is 1.04. The van der Waals surface area contributed by atoms with Crippen LogP contribution in [0, 0.1) is 0 Å². The van der Waals surface area contributed by atoms with Gasteiger partial charge < -0.3 is 15.0 Å². The van der Waals surface area contributed by atoms with Crippen LogP contribution in [0.4, 0.5) is 16.2 Å². The maximum atomic E-state index is 12.9. The van der Waals surface area contributed by atoms with Crippen molar-refractivity contribution in [2.75, 3.05) is 30.5 Å². The second-order valence-corrected chi connectivity index (χ2v) is 6.69. The topological polar surface area (TPSA) is 79.0 Å². The maximum absolute atomic E-state index is 12.9. The number of carbonyl (C=O) groups is 3. The van der Waals surface area contributed by atoms with Gasteiger partial charge in [0.15, 0.2) is 0 Å². The van der Waals surface area contributed by atoms with E-state index in [0.717, 1.165) is 4.90 Å². The van der Waals surface area contributed by atoms with Crippen LogP contribution in [-0.2, 0) is 14.3 Å². The highest BCUT2D eigenvalue weighted by Gasteiger charge is 2.46. The van der Waals surface area contributed by atoms with Crippen LogP contribution in [0.2, 0.25) is 5.02 Å². The molecule has 8 heteroatoms. The van der Waals surface area contributed by atoms with Gasteiger partial charge in [-0.15, -0.1) is 0 Å². The minimum Gasteiger partial charge on any atom is -0.383 e. The third-order valence-electron chi connectivity index (χ3n) is 4.38. The number of nitrogens with one attached hydrogen (secondary N) is 1. The second-order valence-electron chi connectivity index (χ2n) is 6.25. The number of carbonyl (C=O) groups excluding carboxylic acids is 3. The van der Waals surface area contributed by atoms with Crippen molar-refractivity contribution in [2.45, 2.75) is 12.5 Å². The third-order valence-corrected chi connectivity index (χ3v) is 4.63. The minimum atomic E-state index is -0.893. The Hall–Kier alpha value is -2.90. The van der Waals surface area contributed by atoms with Crippen LogP contribution in [-0.4, -0.2) is 49.0 Å². The summed E-state index contributed by atoms with van der Waals surface area (Å²) in [5, 5.41) is 3.28. The van der Waals surface area contributed by atoms with Gasteiger partial charge in [0, 0.05) is 24.4 Å². The van der Waals surface area contributed by atoms with Crippen LogP contribution < -0.4 is 10.2 Å². The van der Waals surface area contributed by atoms with Crippen molar-refractivity contribution in [3.05, 3.63) is 59.6 Å². The summed E-state index contributed by atoms with van der Waals surface area (Å²) in [6, 6.07) is 13.9. The molecule has 0 spiro atoms. The van der Waals surface area contributed by atoms with E-state index >= 15 is 0 Å². The molecule has 0 bridgehead atoms. The Balaban J connectivity index is 1.78. The van der Waals surface area contributed by atoms with Crippen molar-refractivity contribution >= 4 is 40.8 Å². The third kappa shape index (κ3) is 4.32. The Morgan fingerprint density at radius 3 is 2.43 bits per heavy atom. The van der Waals surface area contributed by atoms with Crippen LogP contribution in [0.15, 0.2) is 54.6 Å². The van der Waals surface area contributed by atoms with Crippen LogP contribution in [0.3, 0.4) is 0 Å². The molecule has 3 rings (SSSR count). The number of nitrogens with zero attached hydrogens (tertiary/aromatic N) is 2. The molecular weight excluding hydrogens is 382 g/mol. The Bertz CT molecular complexity index is 858. The first-order valence-corrected chi connectivity index (χ1v) is 9.13. The molecule has 1 fully saturated rings. The first-order valence-electron chi connectivity index (χ1n) is 8.75. The molecule has 0 saturated carbocycles. The molecule has 1 aliphatic heterocycles. The van der Waals surface area contributed by atoms with Gasteiger partial charge in [0.05, 0.1) is 18.7 Å². The van der Waals surface area contributed by atoms with E-state index < -0.39 is 18.0 Å². The number of urea groups is 1. The molecule has 0 aromatic heterocycles. The normalized spacial score (nSPS) is 16.6. The predicted octanol–water partition coefficient (Wildman–Crippen LogP) is 3.15. The summed E-state index contributed by atoms with van der Waals surface area (Å²) in [4.78, 5) is 40.8. The zero-order valence-corrected chi connectivity index (χ0v) is 16.1. The minimum absolute atomic E-state index is 0.153. The van der Waals surface area contributed by atoms with Crippen LogP contribution >= 0.6 is 11.6 Å². The lowest BCUT2D eigenvalue weighted by Crippen LogP contribution is -2.39. The van der Waals surface area contributed by atoms with Crippen LogP contribution in [0.5, 0.6) is 0 Å². The lowest BCUT2D eigenvalue weighted by Gasteiger charge is -2.21. The highest BCUT2D eigenvalue weighted by atomic mass is 35.5. The number of ether oxygens (including phenoxy) is 1. The van der Waals surface area contributed by atoms with E-state index in [1.807, 2.05) is 0 Å². The first-order chi connectivity index (χ1) is 13.5. The summed E-state index contributed by atoms with van der Waals surface area (Å²) in [7, 11) is 1.51. The molecule has 28 heavy (non-hydrogen) atoms. The molecule has 146 valence electrons. The summed E-state index contributed by atoms with van der Waals surface area (Å²) >= 11 is 5.84. The summed E-state index contributed by atoms with van der Waals surface area (Å²) in [6.45, 7) is 0.472. The number of hydrogen-bond acceptors (Lipinski definition) is 4. The molecular formula is C20H20ClN3O4. The van der Waals surface area contributed by atoms with Crippen molar-refractivity contribution in [2.24, 2.45) is 0 Å². The van der Waals surface area contributed by atoms with Gasteiger partial charge in [0.2, 0.25) is 5.91 Å². The molecule has 0 aliphatic carbocycles. The fourth-order valence-corrected chi connectivity index (χ4v) is 3.14.